The monoisotopic (exact) mass is 278 g/mol. The van der Waals surface area contributed by atoms with E-state index in [0.29, 0.717) is 25.0 Å². The molecular formula is C11H9F3O3S. The normalized spacial score (nSPS) is 14.8. The fourth-order valence-corrected chi connectivity index (χ4v) is 2.50. The van der Waals surface area contributed by atoms with Crippen LogP contribution in [0.15, 0.2) is 17.0 Å². The van der Waals surface area contributed by atoms with Gasteiger partial charge in [-0.3, -0.25) is 0 Å². The van der Waals surface area contributed by atoms with Gasteiger partial charge in [-0.2, -0.15) is 13.2 Å². The van der Waals surface area contributed by atoms with Gasteiger partial charge in [-0.05, 0) is 36.7 Å². The molecule has 0 fully saturated rings. The third-order valence-corrected chi connectivity index (χ3v) is 3.27. The number of fused-ring (bicyclic) bond motifs is 1. The summed E-state index contributed by atoms with van der Waals surface area (Å²) in [5.41, 5.74) is -4.06. The Bertz CT molecular complexity index is 485. The molecule has 0 aliphatic carbocycles. The van der Waals surface area contributed by atoms with Crippen molar-refractivity contribution >= 4 is 17.7 Å². The van der Waals surface area contributed by atoms with Gasteiger partial charge >= 0.3 is 11.5 Å². The minimum Gasteiger partial charge on any atom is -0.492 e. The fraction of sp³-hybridized carbons (Fsp3) is 0.364. The van der Waals surface area contributed by atoms with Crippen LogP contribution in [-0.4, -0.2) is 23.2 Å². The zero-order valence-electron chi connectivity index (χ0n) is 9.08. The Kier molecular flexibility index (Phi) is 3.43. The topological polar surface area (TPSA) is 46.5 Å². The molecule has 1 aromatic rings. The van der Waals surface area contributed by atoms with E-state index in [1.165, 1.54) is 6.07 Å². The lowest BCUT2D eigenvalue weighted by Gasteiger charge is -2.22. The molecule has 0 spiro atoms. The number of rotatable bonds is 2. The lowest BCUT2D eigenvalue weighted by Crippen LogP contribution is -2.14. The number of halogens is 3. The van der Waals surface area contributed by atoms with Crippen LogP contribution in [0, 0.1) is 0 Å². The molecule has 0 aromatic heterocycles. The van der Waals surface area contributed by atoms with Gasteiger partial charge in [0.1, 0.15) is 5.75 Å². The van der Waals surface area contributed by atoms with Crippen LogP contribution in [0.1, 0.15) is 22.3 Å². The molecule has 1 heterocycles. The Hall–Kier alpha value is -1.37. The van der Waals surface area contributed by atoms with Crippen LogP contribution in [0.5, 0.6) is 5.75 Å². The Morgan fingerprint density at radius 2 is 2.11 bits per heavy atom. The standard InChI is InChI=1S/C11H9F3O3S/c12-11(13,14)18-8-4-3-7(10(15)16)6-2-1-5-17-9(6)8/h3-4H,1-2,5H2,(H,15,16). The molecule has 7 heteroatoms. The lowest BCUT2D eigenvalue weighted by molar-refractivity contribution is -0.0329. The van der Waals surface area contributed by atoms with Gasteiger partial charge < -0.3 is 9.84 Å². The minimum absolute atomic E-state index is 0.0104. The number of ether oxygens (including phenoxy) is 1. The highest BCUT2D eigenvalue weighted by molar-refractivity contribution is 8.00. The summed E-state index contributed by atoms with van der Waals surface area (Å²) >= 11 is -0.282. The number of hydrogen-bond donors (Lipinski definition) is 1. The average molecular weight is 278 g/mol. The molecular weight excluding hydrogens is 269 g/mol. The van der Waals surface area contributed by atoms with Crippen molar-refractivity contribution in [3.05, 3.63) is 23.3 Å². The maximum Gasteiger partial charge on any atom is 0.446 e. The van der Waals surface area contributed by atoms with E-state index >= 15 is 0 Å². The van der Waals surface area contributed by atoms with Crippen LogP contribution < -0.4 is 4.74 Å². The molecule has 18 heavy (non-hydrogen) atoms. The number of benzene rings is 1. The van der Waals surface area contributed by atoms with E-state index in [4.69, 9.17) is 9.84 Å². The van der Waals surface area contributed by atoms with Crippen molar-refractivity contribution in [2.45, 2.75) is 23.2 Å². The molecule has 0 bridgehead atoms. The van der Waals surface area contributed by atoms with Crippen molar-refractivity contribution in [2.75, 3.05) is 6.61 Å². The van der Waals surface area contributed by atoms with E-state index in [9.17, 15) is 18.0 Å². The summed E-state index contributed by atoms with van der Waals surface area (Å²) in [6.07, 6.45) is 1.02. The maximum atomic E-state index is 12.4. The summed E-state index contributed by atoms with van der Waals surface area (Å²) in [5, 5.41) is 8.98. The second kappa shape index (κ2) is 4.72. The van der Waals surface area contributed by atoms with Crippen LogP contribution in [0.25, 0.3) is 0 Å². The van der Waals surface area contributed by atoms with E-state index in [2.05, 4.69) is 0 Å². The highest BCUT2D eigenvalue weighted by Gasteiger charge is 2.33. The lowest BCUT2D eigenvalue weighted by atomic mass is 10.00. The smallest absolute Gasteiger partial charge is 0.446 e. The number of carbonyl (C=O) groups is 1. The molecule has 0 amide bonds. The van der Waals surface area contributed by atoms with E-state index in [1.54, 1.807) is 0 Å². The Labute approximate surface area is 105 Å². The number of carboxylic acid groups (broad SMARTS) is 1. The van der Waals surface area contributed by atoms with Crippen molar-refractivity contribution in [1.29, 1.82) is 0 Å². The summed E-state index contributed by atoms with van der Waals surface area (Å²) < 4.78 is 42.3. The van der Waals surface area contributed by atoms with Gasteiger partial charge in [-0.15, -0.1) is 0 Å². The van der Waals surface area contributed by atoms with Crippen molar-refractivity contribution < 1.29 is 27.8 Å². The van der Waals surface area contributed by atoms with Crippen LogP contribution in [0.3, 0.4) is 0 Å². The molecule has 1 aliphatic rings. The Morgan fingerprint density at radius 3 is 2.72 bits per heavy atom. The molecule has 1 aliphatic heterocycles. The van der Waals surface area contributed by atoms with Crippen LogP contribution in [-0.2, 0) is 6.42 Å². The summed E-state index contributed by atoms with van der Waals surface area (Å²) in [7, 11) is 0. The summed E-state index contributed by atoms with van der Waals surface area (Å²) in [4.78, 5) is 10.9. The molecule has 98 valence electrons. The molecule has 0 saturated heterocycles. The second-order valence-corrected chi connectivity index (χ2v) is 4.83. The van der Waals surface area contributed by atoms with E-state index in [-0.39, 0.29) is 28.0 Å². The van der Waals surface area contributed by atoms with Gasteiger partial charge in [0, 0.05) is 5.56 Å². The van der Waals surface area contributed by atoms with Gasteiger partial charge in [0.15, 0.2) is 0 Å². The molecule has 0 radical (unpaired) electrons. The average Bonchev–Trinajstić information content (AvgIpc) is 2.27. The number of hydrogen-bond acceptors (Lipinski definition) is 3. The van der Waals surface area contributed by atoms with Gasteiger partial charge in [-0.25, -0.2) is 4.79 Å². The van der Waals surface area contributed by atoms with E-state index < -0.39 is 11.5 Å². The number of carboxylic acids is 1. The maximum absolute atomic E-state index is 12.4. The second-order valence-electron chi connectivity index (χ2n) is 3.72. The predicted molar refractivity (Wildman–Crippen MR) is 59.1 cm³/mol. The third-order valence-electron chi connectivity index (χ3n) is 2.50. The molecule has 0 unspecified atom stereocenters. The van der Waals surface area contributed by atoms with Crippen molar-refractivity contribution in [2.24, 2.45) is 0 Å². The third kappa shape index (κ3) is 2.72. The van der Waals surface area contributed by atoms with Crippen LogP contribution in [0.4, 0.5) is 13.2 Å². The highest BCUT2D eigenvalue weighted by atomic mass is 32.2. The van der Waals surface area contributed by atoms with Gasteiger partial charge in [0.2, 0.25) is 0 Å². The Balaban J connectivity index is 2.47. The van der Waals surface area contributed by atoms with Crippen molar-refractivity contribution in [1.82, 2.24) is 0 Å². The zero-order chi connectivity index (χ0) is 13.3. The summed E-state index contributed by atoms with van der Waals surface area (Å²) in [6, 6.07) is 2.34. The molecule has 1 aromatic carbocycles. The molecule has 3 nitrogen and oxygen atoms in total. The van der Waals surface area contributed by atoms with Gasteiger partial charge in [0.25, 0.3) is 0 Å². The first-order valence-corrected chi connectivity index (χ1v) is 5.98. The summed E-state index contributed by atoms with van der Waals surface area (Å²) in [5.74, 6) is -1.09. The van der Waals surface area contributed by atoms with Crippen molar-refractivity contribution in [3.8, 4) is 5.75 Å². The van der Waals surface area contributed by atoms with Gasteiger partial charge in [-0.1, -0.05) is 0 Å². The highest BCUT2D eigenvalue weighted by Crippen LogP contribution is 2.44. The first-order valence-electron chi connectivity index (χ1n) is 5.16. The van der Waals surface area contributed by atoms with Crippen molar-refractivity contribution in [3.63, 3.8) is 0 Å². The van der Waals surface area contributed by atoms with Gasteiger partial charge in [0.05, 0.1) is 17.1 Å². The summed E-state index contributed by atoms with van der Waals surface area (Å²) in [6.45, 7) is 0.307. The first-order chi connectivity index (χ1) is 8.38. The fourth-order valence-electron chi connectivity index (χ4n) is 1.84. The predicted octanol–water partition coefficient (Wildman–Crippen LogP) is 3.32. The zero-order valence-corrected chi connectivity index (χ0v) is 9.90. The largest absolute Gasteiger partial charge is 0.492 e. The number of aromatic carboxylic acids is 1. The molecule has 0 atom stereocenters. The number of alkyl halides is 3. The molecule has 0 saturated carbocycles. The quantitative estimate of drug-likeness (QED) is 0.843. The first kappa shape index (κ1) is 13.1. The molecule has 2 rings (SSSR count). The van der Waals surface area contributed by atoms with Crippen LogP contribution in [0.2, 0.25) is 0 Å². The van der Waals surface area contributed by atoms with E-state index in [1.807, 2.05) is 0 Å². The Morgan fingerprint density at radius 1 is 1.39 bits per heavy atom. The minimum atomic E-state index is -4.42. The number of thioether (sulfide) groups is 1. The SMILES string of the molecule is O=C(O)c1ccc(SC(F)(F)F)c2c1CCCO2. The van der Waals surface area contributed by atoms with E-state index in [0.717, 1.165) is 6.07 Å². The van der Waals surface area contributed by atoms with Crippen LogP contribution >= 0.6 is 11.8 Å². The molecule has 1 N–H and O–H groups in total.